The van der Waals surface area contributed by atoms with Crippen molar-refractivity contribution in [2.75, 3.05) is 13.7 Å². The number of Topliss-reactive ketones (excluding diaryl/α,β-unsaturated/α-hetero) is 1. The maximum atomic E-state index is 13.4. The largest absolute Gasteiger partial charge is 0.480 e. The van der Waals surface area contributed by atoms with Crippen molar-refractivity contribution in [3.8, 4) is 0 Å². The van der Waals surface area contributed by atoms with Gasteiger partial charge in [0.25, 0.3) is 11.7 Å². The van der Waals surface area contributed by atoms with Gasteiger partial charge in [-0.3, -0.25) is 9.59 Å². The Balaban J connectivity index is 1.53. The molecule has 0 aromatic carbocycles. The smallest absolute Gasteiger partial charge is 0.326 e. The molecule has 11 unspecified atom stereocenters. The Bertz CT molecular complexity index is 1380. The second-order valence-electron chi connectivity index (χ2n) is 15.3. The monoisotopic (exact) mass is 729 g/mol. The zero-order chi connectivity index (χ0) is 38.7. The van der Waals surface area contributed by atoms with Crippen LogP contribution in [0.15, 0.2) is 59.3 Å². The molecule has 0 saturated carbocycles. The van der Waals surface area contributed by atoms with Gasteiger partial charge in [-0.2, -0.15) is 0 Å². The van der Waals surface area contributed by atoms with Crippen molar-refractivity contribution in [1.29, 1.82) is 0 Å². The zero-order valence-electron chi connectivity index (χ0n) is 32.1. The number of carboxylic acid groups (broad SMARTS) is 1. The van der Waals surface area contributed by atoms with Crippen LogP contribution in [0.1, 0.15) is 99.3 Å². The van der Waals surface area contributed by atoms with Crippen LogP contribution >= 0.6 is 0 Å². The van der Waals surface area contributed by atoms with Crippen molar-refractivity contribution >= 4 is 17.7 Å². The Morgan fingerprint density at radius 1 is 1.10 bits per heavy atom. The first-order valence-electron chi connectivity index (χ1n) is 19.0. The maximum absolute atomic E-state index is 13.4. The number of likely N-dealkylation sites (tertiary alicyclic amines) is 1. The molecule has 3 aliphatic rings. The van der Waals surface area contributed by atoms with E-state index in [9.17, 15) is 39.9 Å². The van der Waals surface area contributed by atoms with Gasteiger partial charge in [0.15, 0.2) is 0 Å². The molecule has 52 heavy (non-hydrogen) atoms. The molecule has 2 heterocycles. The van der Waals surface area contributed by atoms with E-state index in [2.05, 4.69) is 26.0 Å². The fourth-order valence-corrected chi connectivity index (χ4v) is 7.35. The van der Waals surface area contributed by atoms with Gasteiger partial charge in [-0.1, -0.05) is 69.7 Å². The van der Waals surface area contributed by atoms with Crippen molar-refractivity contribution < 1.29 is 49.4 Å². The summed E-state index contributed by atoms with van der Waals surface area (Å²) in [6, 6.07) is -1.12. The number of carbonyl (C=O) groups excluding carboxylic acids is 2. The SMILES string of the molecule is CCC(/C=C(\C)C(O)CCC(C)/C=C/C(O)C(C)C1CCC(C)C(O)(C(=O)C(=O)N2CCCCC2C(=O)O)O1)C/C(C)=C/C1=CC(OC)C(O)C=C1. The Labute approximate surface area is 309 Å². The van der Waals surface area contributed by atoms with E-state index in [0.29, 0.717) is 38.5 Å². The summed E-state index contributed by atoms with van der Waals surface area (Å²) in [5.74, 6) is -6.70. The zero-order valence-corrected chi connectivity index (χ0v) is 32.1. The van der Waals surface area contributed by atoms with Gasteiger partial charge in [-0.05, 0) is 101 Å². The third kappa shape index (κ3) is 11.5. The van der Waals surface area contributed by atoms with Crippen molar-refractivity contribution in [3.05, 3.63) is 59.3 Å². The van der Waals surface area contributed by atoms with Gasteiger partial charge >= 0.3 is 5.97 Å². The number of amides is 1. The number of methoxy groups -OCH3 is 1. The van der Waals surface area contributed by atoms with E-state index in [4.69, 9.17) is 9.47 Å². The number of hydrogen-bond donors (Lipinski definition) is 5. The Morgan fingerprint density at radius 2 is 1.81 bits per heavy atom. The third-order valence-corrected chi connectivity index (χ3v) is 11.1. The highest BCUT2D eigenvalue weighted by Gasteiger charge is 2.53. The second-order valence-corrected chi connectivity index (χ2v) is 15.3. The van der Waals surface area contributed by atoms with Gasteiger partial charge in [-0.15, -0.1) is 0 Å². The molecular formula is C41H63NO10. The number of piperidine rings is 1. The molecule has 2 fully saturated rings. The third-order valence-electron chi connectivity index (χ3n) is 11.1. The van der Waals surface area contributed by atoms with Crippen LogP contribution in [0.2, 0.25) is 0 Å². The topological polar surface area (TPSA) is 174 Å². The highest BCUT2D eigenvalue weighted by Crippen LogP contribution is 2.37. The second kappa shape index (κ2) is 19.9. The summed E-state index contributed by atoms with van der Waals surface area (Å²) in [6.07, 6.45) is 15.4. The number of carboxylic acids is 1. The number of hydrogen-bond acceptors (Lipinski definition) is 9. The van der Waals surface area contributed by atoms with Crippen LogP contribution in [0.5, 0.6) is 0 Å². The Morgan fingerprint density at radius 3 is 2.46 bits per heavy atom. The van der Waals surface area contributed by atoms with E-state index in [1.165, 1.54) is 5.57 Å². The molecule has 11 heteroatoms. The molecule has 2 saturated heterocycles. The van der Waals surface area contributed by atoms with Crippen molar-refractivity contribution in [1.82, 2.24) is 4.90 Å². The summed E-state index contributed by atoms with van der Waals surface area (Å²) >= 11 is 0. The minimum Gasteiger partial charge on any atom is -0.480 e. The van der Waals surface area contributed by atoms with Crippen LogP contribution in [0.4, 0.5) is 0 Å². The first kappa shape index (κ1) is 43.5. The molecule has 1 aliphatic carbocycles. The predicted octanol–water partition coefficient (Wildman–Crippen LogP) is 5.04. The number of ether oxygens (including phenoxy) is 2. The molecule has 0 radical (unpaired) electrons. The van der Waals surface area contributed by atoms with Gasteiger partial charge in [0.2, 0.25) is 5.79 Å². The number of carbonyl (C=O) groups is 3. The molecule has 11 atom stereocenters. The predicted molar refractivity (Wildman–Crippen MR) is 199 cm³/mol. The molecule has 292 valence electrons. The molecule has 5 N–H and O–H groups in total. The molecule has 0 bridgehead atoms. The number of allylic oxidation sites excluding steroid dienone is 6. The fourth-order valence-electron chi connectivity index (χ4n) is 7.35. The van der Waals surface area contributed by atoms with Gasteiger partial charge in [0.1, 0.15) is 18.2 Å². The van der Waals surface area contributed by atoms with E-state index in [0.717, 1.165) is 28.9 Å². The summed E-state index contributed by atoms with van der Waals surface area (Å²) in [7, 11) is 1.58. The molecule has 0 aromatic rings. The minimum absolute atomic E-state index is 0.0536. The van der Waals surface area contributed by atoms with Crippen molar-refractivity contribution in [3.63, 3.8) is 0 Å². The Hall–Kier alpha value is -2.93. The number of nitrogens with zero attached hydrogens (tertiary/aromatic N) is 1. The van der Waals surface area contributed by atoms with Gasteiger partial charge in [0.05, 0.1) is 18.3 Å². The van der Waals surface area contributed by atoms with E-state index in [1.807, 2.05) is 32.1 Å². The normalized spacial score (nSPS) is 30.4. The molecule has 3 rings (SSSR count). The number of aliphatic hydroxyl groups is 4. The Kier molecular flexibility index (Phi) is 16.7. The average Bonchev–Trinajstić information content (AvgIpc) is 3.13. The first-order valence-corrected chi connectivity index (χ1v) is 19.0. The molecule has 1 amide bonds. The molecule has 0 spiro atoms. The summed E-state index contributed by atoms with van der Waals surface area (Å²) < 4.78 is 11.3. The molecule has 11 nitrogen and oxygen atoms in total. The van der Waals surface area contributed by atoms with Crippen LogP contribution < -0.4 is 0 Å². The lowest BCUT2D eigenvalue weighted by Gasteiger charge is -2.43. The van der Waals surface area contributed by atoms with Gasteiger partial charge < -0.3 is 39.9 Å². The lowest BCUT2D eigenvalue weighted by molar-refractivity contribution is -0.272. The fraction of sp³-hybridized carbons (Fsp3) is 0.683. The quantitative estimate of drug-likeness (QED) is 0.101. The number of rotatable bonds is 17. The van der Waals surface area contributed by atoms with Crippen LogP contribution in [-0.4, -0.2) is 104 Å². The lowest BCUT2D eigenvalue weighted by atomic mass is 9.82. The number of aliphatic hydroxyl groups excluding tert-OH is 3. The molecular weight excluding hydrogens is 666 g/mol. The maximum Gasteiger partial charge on any atom is 0.326 e. The summed E-state index contributed by atoms with van der Waals surface area (Å²) in [5.41, 5.74) is 3.12. The summed E-state index contributed by atoms with van der Waals surface area (Å²) in [4.78, 5) is 39.3. The van der Waals surface area contributed by atoms with Crippen LogP contribution in [0.3, 0.4) is 0 Å². The van der Waals surface area contributed by atoms with Crippen LogP contribution in [-0.2, 0) is 23.9 Å². The summed E-state index contributed by atoms with van der Waals surface area (Å²) in [5, 5.41) is 53.0. The van der Waals surface area contributed by atoms with Crippen molar-refractivity contribution in [2.45, 2.75) is 142 Å². The van der Waals surface area contributed by atoms with Crippen molar-refractivity contribution in [2.24, 2.45) is 23.7 Å². The summed E-state index contributed by atoms with van der Waals surface area (Å²) in [6.45, 7) is 11.7. The highest BCUT2D eigenvalue weighted by molar-refractivity contribution is 6.39. The first-order chi connectivity index (χ1) is 24.5. The molecule has 0 aromatic heterocycles. The van der Waals surface area contributed by atoms with E-state index >= 15 is 0 Å². The van der Waals surface area contributed by atoms with E-state index in [-0.39, 0.29) is 30.9 Å². The van der Waals surface area contributed by atoms with Gasteiger partial charge in [0, 0.05) is 25.5 Å². The van der Waals surface area contributed by atoms with Crippen LogP contribution in [0.25, 0.3) is 0 Å². The van der Waals surface area contributed by atoms with E-state index < -0.39 is 65.7 Å². The van der Waals surface area contributed by atoms with Gasteiger partial charge in [-0.25, -0.2) is 4.79 Å². The standard InChI is InChI=1S/C41H63NO10/c1-8-30(21-26(3)22-31-15-18-35(45)37(24-31)51-7)23-27(4)33(43)16-12-25(2)13-17-34(44)29(6)36-19-14-28(5)41(50,52-36)38(46)39(47)42-20-10-9-11-32(42)40(48)49/h13,15,17-18,22-25,28-30,32-37,43-45,50H,8-12,14,16,19-21H2,1-7H3,(H,48,49)/b17-13+,26-22+,27-23+. The number of aliphatic carboxylic acids is 1. The number of ketones is 1. The lowest BCUT2D eigenvalue weighted by Crippen LogP contribution is -2.61. The average molecular weight is 730 g/mol. The van der Waals surface area contributed by atoms with E-state index in [1.54, 1.807) is 33.1 Å². The molecule has 2 aliphatic heterocycles. The minimum atomic E-state index is -2.42. The van der Waals surface area contributed by atoms with Crippen LogP contribution in [0, 0.1) is 23.7 Å². The highest BCUT2D eigenvalue weighted by atomic mass is 16.6.